The second-order valence-electron chi connectivity index (χ2n) is 7.68. The van der Waals surface area contributed by atoms with Gasteiger partial charge in [-0.2, -0.15) is 0 Å². The van der Waals surface area contributed by atoms with Crippen LogP contribution in [0.4, 0.5) is 10.1 Å². The van der Waals surface area contributed by atoms with E-state index in [1.807, 2.05) is 42.5 Å². The number of carbonyl (C=O) groups is 1. The molecule has 142 valence electrons. The number of hydrogen-bond donors (Lipinski definition) is 1. The summed E-state index contributed by atoms with van der Waals surface area (Å²) in [4.78, 5) is 15.4. The lowest BCUT2D eigenvalue weighted by molar-refractivity contribution is -0.124. The largest absolute Gasteiger partial charge is 0.381 e. The third-order valence-electron chi connectivity index (χ3n) is 5.88. The highest BCUT2D eigenvalue weighted by Crippen LogP contribution is 2.45. The van der Waals surface area contributed by atoms with E-state index in [1.165, 1.54) is 12.1 Å². The van der Waals surface area contributed by atoms with Crippen molar-refractivity contribution in [1.82, 2.24) is 4.90 Å². The third kappa shape index (κ3) is 4.04. The first-order valence-corrected chi connectivity index (χ1v) is 9.55. The molecule has 1 N–H and O–H groups in total. The molecular weight excluding hydrogens is 343 g/mol. The summed E-state index contributed by atoms with van der Waals surface area (Å²) in [6.45, 7) is 3.74. The van der Waals surface area contributed by atoms with Crippen molar-refractivity contribution in [1.29, 1.82) is 0 Å². The molecule has 2 aromatic carbocycles. The van der Waals surface area contributed by atoms with Crippen LogP contribution >= 0.6 is 0 Å². The molecule has 4 nitrogen and oxygen atoms in total. The van der Waals surface area contributed by atoms with Crippen LogP contribution in [0.1, 0.15) is 18.4 Å². The third-order valence-corrected chi connectivity index (χ3v) is 5.88. The van der Waals surface area contributed by atoms with Crippen LogP contribution in [0.2, 0.25) is 0 Å². The number of ether oxygens (including phenoxy) is 1. The van der Waals surface area contributed by atoms with Crippen molar-refractivity contribution in [3.8, 4) is 0 Å². The molecule has 27 heavy (non-hydrogen) atoms. The lowest BCUT2D eigenvalue weighted by atomic mass is 9.71. The topological polar surface area (TPSA) is 41.6 Å². The Hall–Kier alpha value is -2.24. The SMILES string of the molecule is O=C(Nc1ccccc1)[C@H]1CN(Cc2ccc(F)cc2)CC12CCOCC2. The van der Waals surface area contributed by atoms with E-state index in [9.17, 15) is 9.18 Å². The molecule has 2 aromatic rings. The molecule has 1 atom stereocenters. The average Bonchev–Trinajstić information content (AvgIpc) is 3.02. The zero-order valence-corrected chi connectivity index (χ0v) is 15.4. The molecule has 2 fully saturated rings. The van der Waals surface area contributed by atoms with Crippen LogP contribution in [0.5, 0.6) is 0 Å². The van der Waals surface area contributed by atoms with Gasteiger partial charge in [0.2, 0.25) is 5.91 Å². The minimum absolute atomic E-state index is 0.0445. The van der Waals surface area contributed by atoms with Crippen LogP contribution in [0.15, 0.2) is 54.6 Å². The standard InChI is InChI=1S/C22H25FN2O2/c23-18-8-6-17(7-9-18)14-25-15-20(22(16-25)10-12-27-13-11-22)21(26)24-19-4-2-1-3-5-19/h1-9,20H,10-16H2,(H,24,26)/t20-/m1/s1. The second-order valence-corrected chi connectivity index (χ2v) is 7.68. The first kappa shape index (κ1) is 18.1. The summed E-state index contributed by atoms with van der Waals surface area (Å²) in [5, 5.41) is 3.09. The molecule has 1 amide bonds. The first-order chi connectivity index (χ1) is 13.1. The normalized spacial score (nSPS) is 22.0. The molecule has 5 heteroatoms. The van der Waals surface area contributed by atoms with E-state index in [0.717, 1.165) is 43.7 Å². The molecule has 1 spiro atoms. The van der Waals surface area contributed by atoms with Crippen LogP contribution < -0.4 is 5.32 Å². The maximum atomic E-state index is 13.2. The zero-order valence-electron chi connectivity index (χ0n) is 15.4. The van der Waals surface area contributed by atoms with Crippen molar-refractivity contribution in [2.75, 3.05) is 31.6 Å². The van der Waals surface area contributed by atoms with Crippen LogP contribution in [-0.4, -0.2) is 37.1 Å². The van der Waals surface area contributed by atoms with E-state index < -0.39 is 0 Å². The summed E-state index contributed by atoms with van der Waals surface area (Å²) in [5.41, 5.74) is 1.86. The number of hydrogen-bond acceptors (Lipinski definition) is 3. The molecule has 0 aliphatic carbocycles. The molecular formula is C22H25FN2O2. The van der Waals surface area contributed by atoms with Gasteiger partial charge in [-0.3, -0.25) is 9.69 Å². The predicted octanol–water partition coefficient (Wildman–Crippen LogP) is 3.69. The average molecular weight is 368 g/mol. The summed E-state index contributed by atoms with van der Waals surface area (Å²) in [6, 6.07) is 16.3. The van der Waals surface area contributed by atoms with Crippen LogP contribution in [-0.2, 0) is 16.1 Å². The van der Waals surface area contributed by atoms with Crippen LogP contribution in [0, 0.1) is 17.2 Å². The summed E-state index contributed by atoms with van der Waals surface area (Å²) >= 11 is 0. The quantitative estimate of drug-likeness (QED) is 0.895. The number of nitrogens with zero attached hydrogens (tertiary/aromatic N) is 1. The highest BCUT2D eigenvalue weighted by atomic mass is 19.1. The Morgan fingerprint density at radius 2 is 1.81 bits per heavy atom. The highest BCUT2D eigenvalue weighted by Gasteiger charge is 2.50. The van der Waals surface area contributed by atoms with E-state index in [1.54, 1.807) is 0 Å². The van der Waals surface area contributed by atoms with E-state index in [2.05, 4.69) is 10.2 Å². The van der Waals surface area contributed by atoms with Gasteiger partial charge >= 0.3 is 0 Å². The minimum atomic E-state index is -0.221. The number of carbonyl (C=O) groups excluding carboxylic acids is 1. The van der Waals surface area contributed by atoms with Gasteiger partial charge in [0.15, 0.2) is 0 Å². The molecule has 0 aromatic heterocycles. The Bertz CT molecular complexity index is 773. The number of rotatable bonds is 4. The van der Waals surface area contributed by atoms with Gasteiger partial charge in [0.05, 0.1) is 5.92 Å². The lowest BCUT2D eigenvalue weighted by Gasteiger charge is -2.37. The fraction of sp³-hybridized carbons (Fsp3) is 0.409. The van der Waals surface area contributed by atoms with Gasteiger partial charge in [-0.1, -0.05) is 30.3 Å². The summed E-state index contributed by atoms with van der Waals surface area (Å²) in [5.74, 6) is -0.201. The molecule has 2 aliphatic rings. The molecule has 2 heterocycles. The molecule has 0 unspecified atom stereocenters. The van der Waals surface area contributed by atoms with Crippen LogP contribution in [0.25, 0.3) is 0 Å². The van der Waals surface area contributed by atoms with Gasteiger partial charge in [0.1, 0.15) is 5.82 Å². The molecule has 0 bridgehead atoms. The Kier molecular flexibility index (Phi) is 5.23. The van der Waals surface area contributed by atoms with Gasteiger partial charge in [0, 0.05) is 44.0 Å². The predicted molar refractivity (Wildman–Crippen MR) is 103 cm³/mol. The van der Waals surface area contributed by atoms with Crippen LogP contribution in [0.3, 0.4) is 0 Å². The van der Waals surface area contributed by atoms with Gasteiger partial charge in [-0.15, -0.1) is 0 Å². The molecule has 0 radical (unpaired) electrons. The number of likely N-dealkylation sites (tertiary alicyclic amines) is 1. The number of halogens is 1. The minimum Gasteiger partial charge on any atom is -0.381 e. The van der Waals surface area contributed by atoms with E-state index >= 15 is 0 Å². The van der Waals surface area contributed by atoms with Crippen molar-refractivity contribution in [2.45, 2.75) is 19.4 Å². The molecule has 2 saturated heterocycles. The van der Waals surface area contributed by atoms with Crippen molar-refractivity contribution in [3.63, 3.8) is 0 Å². The molecule has 4 rings (SSSR count). The lowest BCUT2D eigenvalue weighted by Crippen LogP contribution is -2.42. The first-order valence-electron chi connectivity index (χ1n) is 9.55. The van der Waals surface area contributed by atoms with E-state index in [-0.39, 0.29) is 23.1 Å². The van der Waals surface area contributed by atoms with Crippen molar-refractivity contribution in [3.05, 3.63) is 66.0 Å². The fourth-order valence-corrected chi connectivity index (χ4v) is 4.44. The monoisotopic (exact) mass is 368 g/mol. The second kappa shape index (κ2) is 7.79. The van der Waals surface area contributed by atoms with Crippen molar-refractivity contribution in [2.24, 2.45) is 11.3 Å². The number of para-hydroxylation sites is 1. The Morgan fingerprint density at radius 1 is 1.11 bits per heavy atom. The van der Waals surface area contributed by atoms with Gasteiger partial charge in [-0.25, -0.2) is 4.39 Å². The molecule has 0 saturated carbocycles. The maximum Gasteiger partial charge on any atom is 0.229 e. The van der Waals surface area contributed by atoms with E-state index in [0.29, 0.717) is 13.2 Å². The number of benzene rings is 2. The number of amides is 1. The summed E-state index contributed by atoms with van der Waals surface area (Å²) < 4.78 is 18.8. The Balaban J connectivity index is 1.51. The van der Waals surface area contributed by atoms with Gasteiger partial charge in [-0.05, 0) is 42.7 Å². The Labute approximate surface area is 159 Å². The smallest absolute Gasteiger partial charge is 0.229 e. The van der Waals surface area contributed by atoms with E-state index in [4.69, 9.17) is 4.74 Å². The van der Waals surface area contributed by atoms with Gasteiger partial charge in [0.25, 0.3) is 0 Å². The number of anilines is 1. The fourth-order valence-electron chi connectivity index (χ4n) is 4.44. The van der Waals surface area contributed by atoms with Crippen molar-refractivity contribution < 1.29 is 13.9 Å². The molecule has 2 aliphatic heterocycles. The zero-order chi connectivity index (χ0) is 18.7. The van der Waals surface area contributed by atoms with Crippen molar-refractivity contribution >= 4 is 11.6 Å². The Morgan fingerprint density at radius 3 is 2.52 bits per heavy atom. The summed E-state index contributed by atoms with van der Waals surface area (Å²) in [7, 11) is 0. The summed E-state index contributed by atoms with van der Waals surface area (Å²) in [6.07, 6.45) is 1.81. The number of nitrogens with one attached hydrogen (secondary N) is 1. The highest BCUT2D eigenvalue weighted by molar-refractivity contribution is 5.93. The maximum absolute atomic E-state index is 13.2. The van der Waals surface area contributed by atoms with Gasteiger partial charge < -0.3 is 10.1 Å².